The number of rotatable bonds is 6. The van der Waals surface area contributed by atoms with Gasteiger partial charge in [0, 0.05) is 17.0 Å². The first-order chi connectivity index (χ1) is 10.6. The van der Waals surface area contributed by atoms with Gasteiger partial charge in [-0.1, -0.05) is 29.3 Å². The van der Waals surface area contributed by atoms with Crippen molar-refractivity contribution in [2.24, 2.45) is 0 Å². The monoisotopic (exact) mass is 315 g/mol. The second-order valence-corrected chi connectivity index (χ2v) is 5.45. The molecule has 1 atom stereocenters. The average Bonchev–Trinajstić information content (AvgIpc) is 2.53. The maximum absolute atomic E-state index is 9.42. The highest BCUT2D eigenvalue weighted by Gasteiger charge is 2.16. The molecule has 0 saturated heterocycles. The number of hydrogen-bond donors (Lipinski definition) is 0. The van der Waals surface area contributed by atoms with Crippen molar-refractivity contribution in [2.45, 2.75) is 19.3 Å². The van der Waals surface area contributed by atoms with E-state index in [1.165, 1.54) is 5.56 Å². The Hall–Kier alpha value is -2.18. The van der Waals surface area contributed by atoms with E-state index < -0.39 is 0 Å². The molecular formula is C18H18ClNO2. The quantitative estimate of drug-likeness (QED) is 0.773. The first kappa shape index (κ1) is 16.2. The Kier molecular flexibility index (Phi) is 5.68. The lowest BCUT2D eigenvalue weighted by Gasteiger charge is -2.14. The predicted molar refractivity (Wildman–Crippen MR) is 87.6 cm³/mol. The standard InChI is InChI=1S/C18H18ClNO2/c1-13-3-6-16(7-4-13)22-10-9-14(12-20)17-11-15(19)5-8-18(17)21-2/h3-8,11,14H,9-10H2,1-2H3. The number of ether oxygens (including phenoxy) is 2. The van der Waals surface area contributed by atoms with Crippen LogP contribution in [0, 0.1) is 18.3 Å². The van der Waals surface area contributed by atoms with Gasteiger partial charge in [0.1, 0.15) is 11.5 Å². The van der Waals surface area contributed by atoms with Crippen molar-refractivity contribution >= 4 is 11.6 Å². The number of aryl methyl sites for hydroxylation is 1. The normalized spacial score (nSPS) is 11.5. The second-order valence-electron chi connectivity index (χ2n) is 5.02. The number of hydrogen-bond acceptors (Lipinski definition) is 3. The van der Waals surface area contributed by atoms with E-state index in [-0.39, 0.29) is 5.92 Å². The van der Waals surface area contributed by atoms with Gasteiger partial charge in [0.15, 0.2) is 0 Å². The molecule has 1 unspecified atom stereocenters. The molecule has 0 aliphatic heterocycles. The van der Waals surface area contributed by atoms with Crippen molar-refractivity contribution in [1.82, 2.24) is 0 Å². The van der Waals surface area contributed by atoms with Gasteiger partial charge in [-0.2, -0.15) is 5.26 Å². The Bertz CT molecular complexity index is 662. The SMILES string of the molecule is COc1ccc(Cl)cc1C(C#N)CCOc1ccc(C)cc1. The molecule has 22 heavy (non-hydrogen) atoms. The zero-order valence-electron chi connectivity index (χ0n) is 12.7. The summed E-state index contributed by atoms with van der Waals surface area (Å²) in [5, 5.41) is 10.0. The zero-order valence-corrected chi connectivity index (χ0v) is 13.4. The minimum atomic E-state index is -0.320. The molecule has 0 bridgehead atoms. The Balaban J connectivity index is 2.02. The molecule has 0 heterocycles. The molecule has 0 saturated carbocycles. The van der Waals surface area contributed by atoms with Crippen molar-refractivity contribution < 1.29 is 9.47 Å². The van der Waals surface area contributed by atoms with Crippen LogP contribution in [0.15, 0.2) is 42.5 Å². The number of methoxy groups -OCH3 is 1. The third-order valence-electron chi connectivity index (χ3n) is 3.42. The molecule has 4 heteroatoms. The van der Waals surface area contributed by atoms with E-state index in [2.05, 4.69) is 6.07 Å². The van der Waals surface area contributed by atoms with Gasteiger partial charge in [-0.05, 0) is 37.3 Å². The Morgan fingerprint density at radius 2 is 1.91 bits per heavy atom. The van der Waals surface area contributed by atoms with E-state index in [0.29, 0.717) is 23.8 Å². The molecule has 0 aromatic heterocycles. The third kappa shape index (κ3) is 4.16. The summed E-state index contributed by atoms with van der Waals surface area (Å²) >= 11 is 6.02. The highest BCUT2D eigenvalue weighted by Crippen LogP contribution is 2.31. The van der Waals surface area contributed by atoms with Crippen LogP contribution in [0.5, 0.6) is 11.5 Å². The zero-order chi connectivity index (χ0) is 15.9. The van der Waals surface area contributed by atoms with Crippen LogP contribution in [-0.4, -0.2) is 13.7 Å². The van der Waals surface area contributed by atoms with Crippen LogP contribution in [-0.2, 0) is 0 Å². The molecule has 0 fully saturated rings. The summed E-state index contributed by atoms with van der Waals surface area (Å²) in [7, 11) is 1.59. The molecule has 2 aromatic rings. The van der Waals surface area contributed by atoms with E-state index in [1.807, 2.05) is 31.2 Å². The van der Waals surface area contributed by atoms with Gasteiger partial charge < -0.3 is 9.47 Å². The van der Waals surface area contributed by atoms with E-state index in [4.69, 9.17) is 21.1 Å². The minimum Gasteiger partial charge on any atom is -0.496 e. The van der Waals surface area contributed by atoms with Gasteiger partial charge in [0.2, 0.25) is 0 Å². The highest BCUT2D eigenvalue weighted by atomic mass is 35.5. The number of nitrogens with zero attached hydrogens (tertiary/aromatic N) is 1. The molecule has 0 aliphatic carbocycles. The Labute approximate surface area is 136 Å². The molecule has 2 aromatic carbocycles. The van der Waals surface area contributed by atoms with E-state index >= 15 is 0 Å². The topological polar surface area (TPSA) is 42.2 Å². The minimum absolute atomic E-state index is 0.320. The van der Waals surface area contributed by atoms with E-state index in [9.17, 15) is 5.26 Å². The molecule has 0 aliphatic rings. The van der Waals surface area contributed by atoms with Gasteiger partial charge in [-0.3, -0.25) is 0 Å². The van der Waals surface area contributed by atoms with Crippen molar-refractivity contribution in [3.05, 3.63) is 58.6 Å². The fourth-order valence-corrected chi connectivity index (χ4v) is 2.38. The van der Waals surface area contributed by atoms with Crippen LogP contribution in [0.4, 0.5) is 0 Å². The summed E-state index contributed by atoms with van der Waals surface area (Å²) in [4.78, 5) is 0. The van der Waals surface area contributed by atoms with Gasteiger partial charge in [-0.25, -0.2) is 0 Å². The summed E-state index contributed by atoms with van der Waals surface area (Å²) in [6.45, 7) is 2.48. The molecule has 114 valence electrons. The lowest BCUT2D eigenvalue weighted by atomic mass is 9.96. The highest BCUT2D eigenvalue weighted by molar-refractivity contribution is 6.30. The molecule has 3 nitrogen and oxygen atoms in total. The summed E-state index contributed by atoms with van der Waals surface area (Å²) < 4.78 is 11.0. The van der Waals surface area contributed by atoms with Crippen LogP contribution in [0.3, 0.4) is 0 Å². The molecule has 0 spiro atoms. The summed E-state index contributed by atoms with van der Waals surface area (Å²) in [6, 6.07) is 15.5. The smallest absolute Gasteiger partial charge is 0.123 e. The first-order valence-corrected chi connectivity index (χ1v) is 7.44. The number of halogens is 1. The lowest BCUT2D eigenvalue weighted by Crippen LogP contribution is -2.06. The summed E-state index contributed by atoms with van der Waals surface area (Å²) in [5.41, 5.74) is 1.98. The number of nitriles is 1. The second kappa shape index (κ2) is 7.72. The Morgan fingerprint density at radius 3 is 2.55 bits per heavy atom. The lowest BCUT2D eigenvalue weighted by molar-refractivity contribution is 0.304. The van der Waals surface area contributed by atoms with Crippen LogP contribution >= 0.6 is 11.6 Å². The molecule has 0 N–H and O–H groups in total. The van der Waals surface area contributed by atoms with Crippen molar-refractivity contribution in [3.63, 3.8) is 0 Å². The third-order valence-corrected chi connectivity index (χ3v) is 3.65. The van der Waals surface area contributed by atoms with Gasteiger partial charge in [-0.15, -0.1) is 0 Å². The van der Waals surface area contributed by atoms with Crippen LogP contribution in [0.25, 0.3) is 0 Å². The molecule has 2 rings (SSSR count). The summed E-state index contributed by atoms with van der Waals surface area (Å²) in [6.07, 6.45) is 0.571. The van der Waals surface area contributed by atoms with Gasteiger partial charge in [0.05, 0.1) is 25.7 Å². The van der Waals surface area contributed by atoms with Crippen molar-refractivity contribution in [1.29, 1.82) is 5.26 Å². The maximum Gasteiger partial charge on any atom is 0.123 e. The van der Waals surface area contributed by atoms with Crippen LogP contribution in [0.1, 0.15) is 23.5 Å². The van der Waals surface area contributed by atoms with Crippen molar-refractivity contribution in [2.75, 3.05) is 13.7 Å². The first-order valence-electron chi connectivity index (χ1n) is 7.06. The van der Waals surface area contributed by atoms with E-state index in [0.717, 1.165) is 11.3 Å². The molecule has 0 amide bonds. The average molecular weight is 316 g/mol. The van der Waals surface area contributed by atoms with Crippen molar-refractivity contribution in [3.8, 4) is 17.6 Å². The fourth-order valence-electron chi connectivity index (χ4n) is 2.20. The molecular weight excluding hydrogens is 298 g/mol. The van der Waals surface area contributed by atoms with Crippen LogP contribution in [0.2, 0.25) is 5.02 Å². The van der Waals surface area contributed by atoms with Gasteiger partial charge >= 0.3 is 0 Å². The summed E-state index contributed by atoms with van der Waals surface area (Å²) in [5.74, 6) is 1.16. The maximum atomic E-state index is 9.42. The fraction of sp³-hybridized carbons (Fsp3) is 0.278. The molecule has 0 radical (unpaired) electrons. The largest absolute Gasteiger partial charge is 0.496 e. The van der Waals surface area contributed by atoms with Crippen LogP contribution < -0.4 is 9.47 Å². The van der Waals surface area contributed by atoms with E-state index in [1.54, 1.807) is 25.3 Å². The Morgan fingerprint density at radius 1 is 1.18 bits per heavy atom. The number of benzene rings is 2. The van der Waals surface area contributed by atoms with Gasteiger partial charge in [0.25, 0.3) is 0 Å². The predicted octanol–water partition coefficient (Wildman–Crippen LogP) is 4.73.